The predicted octanol–water partition coefficient (Wildman–Crippen LogP) is 1.68. The lowest BCUT2D eigenvalue weighted by atomic mass is 10.5. The van der Waals surface area contributed by atoms with Gasteiger partial charge in [0.25, 0.3) is 0 Å². The molecule has 0 bridgehead atoms. The van der Waals surface area contributed by atoms with E-state index in [2.05, 4.69) is 10.3 Å². The number of nitriles is 1. The summed E-state index contributed by atoms with van der Waals surface area (Å²) in [6, 6.07) is 6.86. The molecule has 0 unspecified atom stereocenters. The Morgan fingerprint density at radius 2 is 2.35 bits per heavy atom. The van der Waals surface area contributed by atoms with E-state index < -0.39 is 9.84 Å². The SMILES string of the molecule is CCCS(=O)(=O)/C(C#N)=C/Nc1ccccn1. The Hall–Kier alpha value is -1.87. The van der Waals surface area contributed by atoms with Crippen molar-refractivity contribution in [1.82, 2.24) is 4.98 Å². The van der Waals surface area contributed by atoms with Crippen LogP contribution in [-0.2, 0) is 9.84 Å². The molecule has 0 saturated heterocycles. The third kappa shape index (κ3) is 3.89. The Morgan fingerprint density at radius 3 is 2.88 bits per heavy atom. The zero-order valence-electron chi connectivity index (χ0n) is 9.42. The van der Waals surface area contributed by atoms with Gasteiger partial charge in [-0.15, -0.1) is 0 Å². The van der Waals surface area contributed by atoms with Crippen LogP contribution >= 0.6 is 0 Å². The van der Waals surface area contributed by atoms with Gasteiger partial charge in [0.05, 0.1) is 5.75 Å². The maximum Gasteiger partial charge on any atom is 0.189 e. The quantitative estimate of drug-likeness (QED) is 0.805. The molecule has 1 aromatic heterocycles. The molecule has 0 aromatic carbocycles. The Labute approximate surface area is 101 Å². The van der Waals surface area contributed by atoms with Crippen LogP contribution in [-0.4, -0.2) is 19.2 Å². The largest absolute Gasteiger partial charge is 0.345 e. The van der Waals surface area contributed by atoms with Crippen LogP contribution in [0, 0.1) is 11.3 Å². The van der Waals surface area contributed by atoms with Crippen LogP contribution in [0.3, 0.4) is 0 Å². The molecule has 1 rings (SSSR count). The summed E-state index contributed by atoms with van der Waals surface area (Å²) >= 11 is 0. The average Bonchev–Trinajstić information content (AvgIpc) is 2.30. The minimum Gasteiger partial charge on any atom is -0.345 e. The van der Waals surface area contributed by atoms with Crippen molar-refractivity contribution in [2.75, 3.05) is 11.1 Å². The number of rotatable bonds is 5. The molecule has 0 spiro atoms. The maximum absolute atomic E-state index is 11.6. The minimum atomic E-state index is -3.48. The molecule has 90 valence electrons. The van der Waals surface area contributed by atoms with Crippen molar-refractivity contribution in [3.8, 4) is 6.07 Å². The number of nitrogens with one attached hydrogen (secondary N) is 1. The van der Waals surface area contributed by atoms with Crippen molar-refractivity contribution in [1.29, 1.82) is 5.26 Å². The molecule has 1 heterocycles. The highest BCUT2D eigenvalue weighted by molar-refractivity contribution is 7.95. The van der Waals surface area contributed by atoms with Gasteiger partial charge in [-0.2, -0.15) is 5.26 Å². The van der Waals surface area contributed by atoms with E-state index in [9.17, 15) is 8.42 Å². The van der Waals surface area contributed by atoms with Crippen molar-refractivity contribution in [2.45, 2.75) is 13.3 Å². The first-order valence-corrected chi connectivity index (χ1v) is 6.76. The molecule has 0 aliphatic rings. The fourth-order valence-electron chi connectivity index (χ4n) is 1.16. The van der Waals surface area contributed by atoms with Crippen LogP contribution in [0.2, 0.25) is 0 Å². The summed E-state index contributed by atoms with van der Waals surface area (Å²) in [6.45, 7) is 1.75. The fraction of sp³-hybridized carbons (Fsp3) is 0.273. The summed E-state index contributed by atoms with van der Waals surface area (Å²) in [7, 11) is -3.48. The third-order valence-electron chi connectivity index (χ3n) is 1.93. The lowest BCUT2D eigenvalue weighted by Gasteiger charge is -2.02. The van der Waals surface area contributed by atoms with Gasteiger partial charge in [0.15, 0.2) is 14.7 Å². The summed E-state index contributed by atoms with van der Waals surface area (Å²) in [4.78, 5) is 3.68. The Kier molecular flexibility index (Phi) is 4.67. The second-order valence-electron chi connectivity index (χ2n) is 3.30. The van der Waals surface area contributed by atoms with Gasteiger partial charge in [0.2, 0.25) is 0 Å². The van der Waals surface area contributed by atoms with E-state index in [1.807, 2.05) is 0 Å². The van der Waals surface area contributed by atoms with Gasteiger partial charge >= 0.3 is 0 Å². The number of aromatic nitrogens is 1. The van der Waals surface area contributed by atoms with Gasteiger partial charge in [-0.05, 0) is 18.6 Å². The Bertz CT molecular complexity index is 530. The molecule has 5 nitrogen and oxygen atoms in total. The van der Waals surface area contributed by atoms with Gasteiger partial charge in [0, 0.05) is 12.4 Å². The number of hydrogen-bond donors (Lipinski definition) is 1. The minimum absolute atomic E-state index is 0.0315. The van der Waals surface area contributed by atoms with Crippen molar-refractivity contribution in [2.24, 2.45) is 0 Å². The summed E-state index contributed by atoms with van der Waals surface area (Å²) in [5.41, 5.74) is 0. The van der Waals surface area contributed by atoms with E-state index in [-0.39, 0.29) is 10.7 Å². The number of allylic oxidation sites excluding steroid dienone is 1. The number of hydrogen-bond acceptors (Lipinski definition) is 5. The zero-order chi connectivity index (χ0) is 12.7. The van der Waals surface area contributed by atoms with E-state index in [1.165, 1.54) is 6.20 Å². The first-order valence-electron chi connectivity index (χ1n) is 5.10. The van der Waals surface area contributed by atoms with Crippen molar-refractivity contribution in [3.63, 3.8) is 0 Å². The van der Waals surface area contributed by atoms with E-state index in [1.54, 1.807) is 37.4 Å². The zero-order valence-corrected chi connectivity index (χ0v) is 10.2. The topological polar surface area (TPSA) is 82.8 Å². The lowest BCUT2D eigenvalue weighted by Crippen LogP contribution is -2.09. The van der Waals surface area contributed by atoms with Crippen LogP contribution in [0.1, 0.15) is 13.3 Å². The lowest BCUT2D eigenvalue weighted by molar-refractivity contribution is 0.601. The normalized spacial score (nSPS) is 11.9. The van der Waals surface area contributed by atoms with Gasteiger partial charge in [-0.3, -0.25) is 0 Å². The summed E-state index contributed by atoms with van der Waals surface area (Å²) in [5.74, 6) is 0.461. The molecule has 17 heavy (non-hydrogen) atoms. The van der Waals surface area contributed by atoms with Gasteiger partial charge in [0.1, 0.15) is 11.9 Å². The molecule has 1 N–H and O–H groups in total. The van der Waals surface area contributed by atoms with Crippen LogP contribution in [0.5, 0.6) is 0 Å². The number of anilines is 1. The van der Waals surface area contributed by atoms with Gasteiger partial charge in [-0.1, -0.05) is 13.0 Å². The fourth-order valence-corrected chi connectivity index (χ4v) is 2.29. The van der Waals surface area contributed by atoms with E-state index >= 15 is 0 Å². The molecular weight excluding hydrogens is 238 g/mol. The average molecular weight is 251 g/mol. The smallest absolute Gasteiger partial charge is 0.189 e. The number of pyridine rings is 1. The van der Waals surface area contributed by atoms with Gasteiger partial charge < -0.3 is 5.32 Å². The number of sulfone groups is 1. The standard InChI is InChI=1S/C11H13N3O2S/c1-2-7-17(15,16)10(8-12)9-14-11-5-3-4-6-13-11/h3-6,9H,2,7H2,1H3,(H,13,14)/b10-9+. The van der Waals surface area contributed by atoms with Crippen molar-refractivity contribution < 1.29 is 8.42 Å². The summed E-state index contributed by atoms with van der Waals surface area (Å²) < 4.78 is 23.3. The molecule has 0 radical (unpaired) electrons. The van der Waals surface area contributed by atoms with Crippen molar-refractivity contribution >= 4 is 15.7 Å². The highest BCUT2D eigenvalue weighted by Crippen LogP contribution is 2.09. The monoisotopic (exact) mass is 251 g/mol. The second-order valence-corrected chi connectivity index (χ2v) is 5.38. The second kappa shape index (κ2) is 6.01. The molecule has 0 atom stereocenters. The van der Waals surface area contributed by atoms with Crippen LogP contribution in [0.15, 0.2) is 35.5 Å². The van der Waals surface area contributed by atoms with E-state index in [0.717, 1.165) is 0 Å². The molecule has 0 aliphatic carbocycles. The van der Waals surface area contributed by atoms with Crippen LogP contribution < -0.4 is 5.32 Å². The molecule has 0 aliphatic heterocycles. The highest BCUT2D eigenvalue weighted by atomic mass is 32.2. The molecule has 1 aromatic rings. The molecule has 0 saturated carbocycles. The van der Waals surface area contributed by atoms with E-state index in [0.29, 0.717) is 12.2 Å². The Morgan fingerprint density at radius 1 is 1.59 bits per heavy atom. The predicted molar refractivity (Wildman–Crippen MR) is 65.6 cm³/mol. The Balaban J connectivity index is 2.87. The third-order valence-corrected chi connectivity index (χ3v) is 3.76. The first kappa shape index (κ1) is 13.2. The van der Waals surface area contributed by atoms with Crippen LogP contribution in [0.4, 0.5) is 5.82 Å². The molecule has 0 fully saturated rings. The van der Waals surface area contributed by atoms with Crippen LogP contribution in [0.25, 0.3) is 0 Å². The first-order chi connectivity index (χ1) is 8.10. The maximum atomic E-state index is 11.6. The molecule has 6 heteroatoms. The summed E-state index contributed by atoms with van der Waals surface area (Å²) in [5, 5.41) is 11.5. The highest BCUT2D eigenvalue weighted by Gasteiger charge is 2.16. The summed E-state index contributed by atoms with van der Waals surface area (Å²) in [6.07, 6.45) is 3.22. The van der Waals surface area contributed by atoms with Gasteiger partial charge in [-0.25, -0.2) is 13.4 Å². The molecule has 0 amide bonds. The molecular formula is C11H13N3O2S. The van der Waals surface area contributed by atoms with Crippen molar-refractivity contribution in [3.05, 3.63) is 35.5 Å². The van der Waals surface area contributed by atoms with E-state index in [4.69, 9.17) is 5.26 Å². The number of nitrogens with zero attached hydrogens (tertiary/aromatic N) is 2.